The van der Waals surface area contributed by atoms with Gasteiger partial charge in [-0.1, -0.05) is 24.2 Å². The van der Waals surface area contributed by atoms with Crippen LogP contribution in [-0.4, -0.2) is 11.1 Å². The number of rotatable bonds is 3. The summed E-state index contributed by atoms with van der Waals surface area (Å²) in [6, 6.07) is -6.96. The van der Waals surface area contributed by atoms with E-state index in [1.54, 1.807) is 0 Å². The topological polar surface area (TPSA) is 46.5 Å². The summed E-state index contributed by atoms with van der Waals surface area (Å²) in [5.41, 5.74) is -0.886. The second-order valence-electron chi connectivity index (χ2n) is 2.57. The molecule has 0 fully saturated rings. The number of aromatic carboxylic acids is 1. The average molecular weight is 223 g/mol. The lowest BCUT2D eigenvalue weighted by Crippen LogP contribution is -1.95. The molecule has 0 atom stereocenters. The minimum absolute atomic E-state index is 0.673. The van der Waals surface area contributed by atoms with Crippen molar-refractivity contribution in [2.45, 2.75) is 0 Å². The minimum Gasteiger partial charge on any atom is -0.478 e. The van der Waals surface area contributed by atoms with Crippen molar-refractivity contribution in [3.05, 3.63) is 59.9 Å². The van der Waals surface area contributed by atoms with Crippen LogP contribution in [0.4, 0.5) is 0 Å². The number of benzene rings is 2. The third-order valence-corrected chi connectivity index (χ3v) is 1.50. The first-order chi connectivity index (χ1) is 11.5. The predicted octanol–water partition coefficient (Wildman–Crippen LogP) is 3.18. The molecule has 1 N–H and O–H groups in total. The summed E-state index contributed by atoms with van der Waals surface area (Å²) in [6.45, 7) is 0. The van der Waals surface area contributed by atoms with Crippen molar-refractivity contribution in [3.63, 3.8) is 0 Å². The second kappa shape index (κ2) is 4.49. The molecule has 2 rings (SSSR count). The lowest BCUT2D eigenvalue weighted by Gasteiger charge is -2.05. The SMILES string of the molecule is [2H]c1c([2H])c([2H])c(Oc2c([2H])c([2H])c([2H])c(C(=O)O)c2[2H])c([2H])c1[2H]. The van der Waals surface area contributed by atoms with Crippen molar-refractivity contribution < 1.29 is 27.0 Å². The third kappa shape index (κ3) is 2.39. The van der Waals surface area contributed by atoms with Gasteiger partial charge in [-0.2, -0.15) is 0 Å². The normalized spacial score (nSPS) is 17.6. The zero-order valence-electron chi connectivity index (χ0n) is 16.8. The summed E-state index contributed by atoms with van der Waals surface area (Å²) in [5, 5.41) is 9.09. The van der Waals surface area contributed by atoms with Crippen LogP contribution < -0.4 is 4.74 Å². The Balaban J connectivity index is 2.78. The Morgan fingerprint density at radius 2 is 1.75 bits per heavy atom. The van der Waals surface area contributed by atoms with Gasteiger partial charge < -0.3 is 9.84 Å². The number of carboxylic acid groups (broad SMARTS) is 1. The van der Waals surface area contributed by atoms with E-state index in [0.29, 0.717) is 0 Å². The number of carbonyl (C=O) groups is 1. The monoisotopic (exact) mass is 223 g/mol. The summed E-state index contributed by atoms with van der Waals surface area (Å²) in [5.74, 6) is -3.17. The quantitative estimate of drug-likeness (QED) is 0.869. The molecule has 2 aromatic carbocycles. The molecule has 0 bridgehead atoms. The van der Waals surface area contributed by atoms with E-state index in [1.165, 1.54) is 0 Å². The van der Waals surface area contributed by atoms with Gasteiger partial charge in [0.1, 0.15) is 11.5 Å². The van der Waals surface area contributed by atoms with Gasteiger partial charge in [-0.15, -0.1) is 0 Å². The highest BCUT2D eigenvalue weighted by Gasteiger charge is 2.04. The Morgan fingerprint density at radius 1 is 1.06 bits per heavy atom. The fourth-order valence-corrected chi connectivity index (χ4v) is 0.876. The molecule has 3 nitrogen and oxygen atoms in total. The number of carboxylic acids is 1. The molecule has 2 aromatic rings. The van der Waals surface area contributed by atoms with E-state index in [1.807, 2.05) is 0 Å². The van der Waals surface area contributed by atoms with Crippen LogP contribution in [0.5, 0.6) is 11.5 Å². The van der Waals surface area contributed by atoms with Crippen LogP contribution in [0.15, 0.2) is 54.4 Å². The Labute approximate surface area is 106 Å². The van der Waals surface area contributed by atoms with Gasteiger partial charge in [0, 0.05) is 0 Å². The van der Waals surface area contributed by atoms with E-state index in [0.717, 1.165) is 0 Å². The van der Waals surface area contributed by atoms with Gasteiger partial charge in [-0.25, -0.2) is 4.79 Å². The first-order valence-electron chi connectivity index (χ1n) is 8.59. The van der Waals surface area contributed by atoms with Crippen LogP contribution >= 0.6 is 0 Å². The van der Waals surface area contributed by atoms with E-state index >= 15 is 0 Å². The smallest absolute Gasteiger partial charge is 0.335 e. The molecule has 0 unspecified atom stereocenters. The number of ether oxygens (including phenoxy) is 1. The first kappa shape index (κ1) is 3.94. The molecule has 0 spiro atoms. The van der Waals surface area contributed by atoms with Gasteiger partial charge in [0.2, 0.25) is 0 Å². The highest BCUT2D eigenvalue weighted by Crippen LogP contribution is 2.21. The van der Waals surface area contributed by atoms with Crippen molar-refractivity contribution in [3.8, 4) is 11.5 Å². The molecule has 0 saturated carbocycles. The average Bonchev–Trinajstić information content (AvgIpc) is 2.55. The van der Waals surface area contributed by atoms with Crippen molar-refractivity contribution in [1.29, 1.82) is 0 Å². The molecular formula is C13H10O3. The highest BCUT2D eigenvalue weighted by atomic mass is 16.5. The molecule has 16 heavy (non-hydrogen) atoms. The van der Waals surface area contributed by atoms with E-state index in [-0.39, 0.29) is 0 Å². The molecule has 0 aromatic heterocycles. The summed E-state index contributed by atoms with van der Waals surface area (Å²) >= 11 is 0. The van der Waals surface area contributed by atoms with Crippen molar-refractivity contribution >= 4 is 5.97 Å². The van der Waals surface area contributed by atoms with E-state index in [4.69, 9.17) is 22.2 Å². The lowest BCUT2D eigenvalue weighted by atomic mass is 10.2. The van der Waals surface area contributed by atoms with Gasteiger partial charge in [0.15, 0.2) is 0 Å². The largest absolute Gasteiger partial charge is 0.478 e. The van der Waals surface area contributed by atoms with Crippen LogP contribution in [-0.2, 0) is 0 Å². The van der Waals surface area contributed by atoms with E-state index in [2.05, 4.69) is 0 Å². The van der Waals surface area contributed by atoms with Gasteiger partial charge in [-0.05, 0) is 30.2 Å². The van der Waals surface area contributed by atoms with Gasteiger partial charge >= 0.3 is 5.97 Å². The molecule has 0 amide bonds. The first-order valence-corrected chi connectivity index (χ1v) is 4.09. The zero-order chi connectivity index (χ0) is 19.2. The van der Waals surface area contributed by atoms with Crippen LogP contribution in [0.1, 0.15) is 22.7 Å². The molecule has 3 heteroatoms. The zero-order valence-corrected chi connectivity index (χ0v) is 7.76. The van der Waals surface area contributed by atoms with Gasteiger partial charge in [-0.3, -0.25) is 0 Å². The Hall–Kier alpha value is -2.29. The van der Waals surface area contributed by atoms with E-state index < -0.39 is 77.4 Å². The van der Waals surface area contributed by atoms with Crippen LogP contribution in [0.3, 0.4) is 0 Å². The summed E-state index contributed by atoms with van der Waals surface area (Å²) in [7, 11) is 0. The number of para-hydroxylation sites is 1. The Bertz CT molecular complexity index is 882. The minimum atomic E-state index is -1.69. The maximum atomic E-state index is 11.2. The lowest BCUT2D eigenvalue weighted by molar-refractivity contribution is 0.0696. The molecule has 80 valence electrons. The Morgan fingerprint density at radius 3 is 2.44 bits per heavy atom. The fraction of sp³-hybridized carbons (Fsp3) is 0. The van der Waals surface area contributed by atoms with Crippen molar-refractivity contribution in [2.75, 3.05) is 0 Å². The third-order valence-electron chi connectivity index (χ3n) is 1.50. The fourth-order valence-electron chi connectivity index (χ4n) is 0.876. The maximum Gasteiger partial charge on any atom is 0.335 e. The Kier molecular flexibility index (Phi) is 1.10. The summed E-state index contributed by atoms with van der Waals surface area (Å²) in [6.07, 6.45) is 0. The van der Waals surface area contributed by atoms with Crippen molar-refractivity contribution in [1.82, 2.24) is 0 Å². The van der Waals surface area contributed by atoms with Crippen LogP contribution in [0.25, 0.3) is 0 Å². The molecule has 0 aliphatic carbocycles. The second-order valence-corrected chi connectivity index (χ2v) is 2.57. The van der Waals surface area contributed by atoms with Gasteiger partial charge in [0.05, 0.1) is 17.9 Å². The summed E-state index contributed by atoms with van der Waals surface area (Å²) < 4.78 is 73.9. The van der Waals surface area contributed by atoms with Gasteiger partial charge in [0.25, 0.3) is 0 Å². The van der Waals surface area contributed by atoms with Crippen LogP contribution in [0, 0.1) is 0 Å². The molecule has 0 aliphatic rings. The maximum absolute atomic E-state index is 11.2. The molecular weight excluding hydrogens is 204 g/mol. The van der Waals surface area contributed by atoms with Crippen LogP contribution in [0.2, 0.25) is 0 Å². The molecule has 0 heterocycles. The molecule has 0 aliphatic heterocycles. The molecule has 0 saturated heterocycles. The predicted molar refractivity (Wildman–Crippen MR) is 59.9 cm³/mol. The van der Waals surface area contributed by atoms with E-state index in [9.17, 15) is 4.79 Å². The standard InChI is InChI=1S/C13H10O3/c14-13(15)10-5-4-8-12(9-10)16-11-6-2-1-3-7-11/h1-9H,(H,14,15)/i1D,2D,3D,4D,5D,6D,7D,8D,9D. The summed E-state index contributed by atoms with van der Waals surface area (Å²) in [4.78, 5) is 11.2. The number of hydrogen-bond acceptors (Lipinski definition) is 2. The molecule has 0 radical (unpaired) electrons. The number of hydrogen-bond donors (Lipinski definition) is 1. The highest BCUT2D eigenvalue weighted by molar-refractivity contribution is 5.88. The van der Waals surface area contributed by atoms with Crippen molar-refractivity contribution in [2.24, 2.45) is 0 Å².